The summed E-state index contributed by atoms with van der Waals surface area (Å²) in [7, 11) is 0. The number of carboxylic acids is 1. The van der Waals surface area contributed by atoms with Crippen LogP contribution in [-0.2, 0) is 16.0 Å². The standard InChI is InChI=1S/C16H19NO3/c1-11-4-2-5-12-6-9-17(14(11)12)13(18)10-16(15(19)20)7-3-8-16/h2,4-5H,3,6-10H2,1H3,(H,19,20). The molecule has 1 fully saturated rings. The number of carbonyl (C=O) groups is 2. The quantitative estimate of drug-likeness (QED) is 0.920. The highest BCUT2D eigenvalue weighted by molar-refractivity contribution is 5.99. The topological polar surface area (TPSA) is 57.6 Å². The third kappa shape index (κ3) is 1.90. The van der Waals surface area contributed by atoms with E-state index in [9.17, 15) is 14.7 Å². The SMILES string of the molecule is Cc1cccc2c1N(C(=O)CC1(C(=O)O)CCC1)CC2. The van der Waals surface area contributed by atoms with E-state index in [1.54, 1.807) is 4.90 Å². The Balaban J connectivity index is 1.82. The van der Waals surface area contributed by atoms with E-state index in [1.807, 2.05) is 25.1 Å². The molecule has 106 valence electrons. The lowest BCUT2D eigenvalue weighted by Crippen LogP contribution is -2.43. The zero-order chi connectivity index (χ0) is 14.3. The van der Waals surface area contributed by atoms with Gasteiger partial charge in [0.05, 0.1) is 5.41 Å². The molecule has 0 atom stereocenters. The van der Waals surface area contributed by atoms with Crippen molar-refractivity contribution in [3.63, 3.8) is 0 Å². The molecule has 0 bridgehead atoms. The summed E-state index contributed by atoms with van der Waals surface area (Å²) in [6.07, 6.45) is 3.17. The van der Waals surface area contributed by atoms with Crippen molar-refractivity contribution in [3.8, 4) is 0 Å². The minimum absolute atomic E-state index is 0.0415. The molecule has 1 aromatic rings. The van der Waals surface area contributed by atoms with Gasteiger partial charge in [-0.2, -0.15) is 0 Å². The fourth-order valence-corrected chi connectivity index (χ4v) is 3.36. The molecule has 0 spiro atoms. The highest BCUT2D eigenvalue weighted by atomic mass is 16.4. The minimum atomic E-state index is -0.818. The Morgan fingerprint density at radius 2 is 2.10 bits per heavy atom. The first kappa shape index (κ1) is 13.2. The van der Waals surface area contributed by atoms with Crippen LogP contribution >= 0.6 is 0 Å². The molecule has 20 heavy (non-hydrogen) atoms. The average Bonchev–Trinajstić information content (AvgIpc) is 2.78. The van der Waals surface area contributed by atoms with Gasteiger partial charge in [-0.3, -0.25) is 9.59 Å². The number of amides is 1. The van der Waals surface area contributed by atoms with Crippen LogP contribution in [0.4, 0.5) is 5.69 Å². The van der Waals surface area contributed by atoms with Crippen molar-refractivity contribution in [2.45, 2.75) is 39.0 Å². The first-order chi connectivity index (χ1) is 9.53. The highest BCUT2D eigenvalue weighted by Crippen LogP contribution is 2.45. The van der Waals surface area contributed by atoms with Gasteiger partial charge in [0.2, 0.25) is 5.91 Å². The molecule has 3 rings (SSSR count). The van der Waals surface area contributed by atoms with Crippen LogP contribution < -0.4 is 4.90 Å². The molecule has 0 unspecified atom stereocenters. The van der Waals surface area contributed by atoms with E-state index in [4.69, 9.17) is 0 Å². The Morgan fingerprint density at radius 3 is 2.70 bits per heavy atom. The van der Waals surface area contributed by atoms with Crippen molar-refractivity contribution >= 4 is 17.6 Å². The number of para-hydroxylation sites is 1. The van der Waals surface area contributed by atoms with Crippen molar-refractivity contribution in [2.75, 3.05) is 11.4 Å². The van der Waals surface area contributed by atoms with Gasteiger partial charge in [-0.1, -0.05) is 24.6 Å². The fourth-order valence-electron chi connectivity index (χ4n) is 3.36. The number of benzene rings is 1. The Bertz CT molecular complexity index is 575. The number of hydrogen-bond donors (Lipinski definition) is 1. The maximum Gasteiger partial charge on any atom is 0.310 e. The Morgan fingerprint density at radius 1 is 1.35 bits per heavy atom. The molecule has 4 heteroatoms. The van der Waals surface area contributed by atoms with Gasteiger partial charge >= 0.3 is 5.97 Å². The number of carboxylic acid groups (broad SMARTS) is 1. The summed E-state index contributed by atoms with van der Waals surface area (Å²) < 4.78 is 0. The van der Waals surface area contributed by atoms with Gasteiger partial charge in [0, 0.05) is 18.7 Å². The zero-order valence-corrected chi connectivity index (χ0v) is 11.7. The summed E-state index contributed by atoms with van der Waals surface area (Å²) in [4.78, 5) is 25.7. The predicted octanol–water partition coefficient (Wildman–Crippen LogP) is 2.53. The third-order valence-electron chi connectivity index (χ3n) is 4.75. The molecule has 0 saturated heterocycles. The minimum Gasteiger partial charge on any atom is -0.481 e. The van der Waals surface area contributed by atoms with Crippen LogP contribution in [0.3, 0.4) is 0 Å². The lowest BCUT2D eigenvalue weighted by molar-refractivity contribution is -0.157. The Hall–Kier alpha value is -1.84. The van der Waals surface area contributed by atoms with Gasteiger partial charge in [-0.05, 0) is 37.3 Å². The molecule has 1 N–H and O–H groups in total. The molecule has 1 saturated carbocycles. The second kappa shape index (κ2) is 4.62. The van der Waals surface area contributed by atoms with E-state index < -0.39 is 11.4 Å². The monoisotopic (exact) mass is 273 g/mol. The van der Waals surface area contributed by atoms with Crippen LogP contribution in [-0.4, -0.2) is 23.5 Å². The maximum absolute atomic E-state index is 12.5. The molecule has 1 aromatic carbocycles. The molecule has 1 aliphatic carbocycles. The van der Waals surface area contributed by atoms with Crippen LogP contribution in [0.15, 0.2) is 18.2 Å². The predicted molar refractivity (Wildman–Crippen MR) is 75.8 cm³/mol. The molecular weight excluding hydrogens is 254 g/mol. The molecule has 4 nitrogen and oxygen atoms in total. The number of carbonyl (C=O) groups excluding carboxylic acids is 1. The third-order valence-corrected chi connectivity index (χ3v) is 4.75. The van der Waals surface area contributed by atoms with Gasteiger partial charge < -0.3 is 10.0 Å². The van der Waals surface area contributed by atoms with Crippen molar-refractivity contribution < 1.29 is 14.7 Å². The molecule has 1 heterocycles. The van der Waals surface area contributed by atoms with E-state index in [1.165, 1.54) is 5.56 Å². The van der Waals surface area contributed by atoms with Gasteiger partial charge in [-0.25, -0.2) is 0 Å². The van der Waals surface area contributed by atoms with Gasteiger partial charge in [-0.15, -0.1) is 0 Å². The number of nitrogens with zero attached hydrogens (tertiary/aromatic N) is 1. The number of anilines is 1. The Labute approximate surface area is 118 Å². The van der Waals surface area contributed by atoms with E-state index in [2.05, 4.69) is 0 Å². The molecule has 0 radical (unpaired) electrons. The summed E-state index contributed by atoms with van der Waals surface area (Å²) in [5.41, 5.74) is 2.47. The molecule has 0 aromatic heterocycles. The van der Waals surface area contributed by atoms with Gasteiger partial charge in [0.1, 0.15) is 0 Å². The van der Waals surface area contributed by atoms with Crippen LogP contribution in [0, 0.1) is 12.3 Å². The molecule has 1 aliphatic heterocycles. The molecule has 2 aliphatic rings. The van der Waals surface area contributed by atoms with Crippen molar-refractivity contribution in [3.05, 3.63) is 29.3 Å². The largest absolute Gasteiger partial charge is 0.481 e. The summed E-state index contributed by atoms with van der Waals surface area (Å²) in [6, 6.07) is 6.06. The second-order valence-corrected chi connectivity index (χ2v) is 5.99. The van der Waals surface area contributed by atoms with Crippen molar-refractivity contribution in [2.24, 2.45) is 5.41 Å². The molecule has 1 amide bonds. The number of aryl methyl sites for hydroxylation is 1. The number of hydrogen-bond acceptors (Lipinski definition) is 2. The van der Waals surface area contributed by atoms with E-state index in [0.717, 1.165) is 24.1 Å². The average molecular weight is 273 g/mol. The van der Waals surface area contributed by atoms with Crippen LogP contribution in [0.25, 0.3) is 0 Å². The first-order valence-electron chi connectivity index (χ1n) is 7.16. The summed E-state index contributed by atoms with van der Waals surface area (Å²) in [6.45, 7) is 2.68. The Kier molecular flexibility index (Phi) is 3.04. The fraction of sp³-hybridized carbons (Fsp3) is 0.500. The lowest BCUT2D eigenvalue weighted by atomic mass is 9.66. The van der Waals surface area contributed by atoms with Gasteiger partial charge in [0.25, 0.3) is 0 Å². The van der Waals surface area contributed by atoms with Crippen LogP contribution in [0.2, 0.25) is 0 Å². The number of rotatable bonds is 3. The van der Waals surface area contributed by atoms with Gasteiger partial charge in [0.15, 0.2) is 0 Å². The maximum atomic E-state index is 12.5. The summed E-state index contributed by atoms with van der Waals surface area (Å²) in [5, 5.41) is 9.35. The summed E-state index contributed by atoms with van der Waals surface area (Å²) in [5.74, 6) is -0.860. The van der Waals surface area contributed by atoms with Crippen LogP contribution in [0.1, 0.15) is 36.8 Å². The van der Waals surface area contributed by atoms with E-state index in [0.29, 0.717) is 19.4 Å². The van der Waals surface area contributed by atoms with Crippen molar-refractivity contribution in [1.29, 1.82) is 0 Å². The smallest absolute Gasteiger partial charge is 0.310 e. The first-order valence-corrected chi connectivity index (χ1v) is 7.16. The normalized spacial score (nSPS) is 19.4. The number of fused-ring (bicyclic) bond motifs is 1. The lowest BCUT2D eigenvalue weighted by Gasteiger charge is -2.38. The zero-order valence-electron chi connectivity index (χ0n) is 11.7. The highest BCUT2D eigenvalue weighted by Gasteiger charge is 2.47. The van der Waals surface area contributed by atoms with Crippen LogP contribution in [0.5, 0.6) is 0 Å². The number of aliphatic carboxylic acids is 1. The summed E-state index contributed by atoms with van der Waals surface area (Å²) >= 11 is 0. The molecular formula is C16H19NO3. The van der Waals surface area contributed by atoms with E-state index in [-0.39, 0.29) is 12.3 Å². The van der Waals surface area contributed by atoms with Crippen molar-refractivity contribution in [1.82, 2.24) is 0 Å². The second-order valence-electron chi connectivity index (χ2n) is 5.99. The van der Waals surface area contributed by atoms with E-state index >= 15 is 0 Å².